The molecule has 37 heavy (non-hydrogen) atoms. The Morgan fingerprint density at radius 3 is 2.46 bits per heavy atom. The largest absolute Gasteiger partial charge is 0.444 e. The predicted molar refractivity (Wildman–Crippen MR) is 131 cm³/mol. The number of ether oxygens (including phenoxy) is 1. The first-order valence-electron chi connectivity index (χ1n) is 12.5. The molecule has 1 aromatic carbocycles. The van der Waals surface area contributed by atoms with Gasteiger partial charge in [-0.15, -0.1) is 0 Å². The van der Waals surface area contributed by atoms with Crippen molar-refractivity contribution < 1.29 is 27.5 Å². The van der Waals surface area contributed by atoms with Crippen LogP contribution in [0.5, 0.6) is 0 Å². The number of fused-ring (bicyclic) bond motifs is 1. The molecule has 1 N–H and O–H groups in total. The first kappa shape index (κ1) is 27.0. The molecule has 1 fully saturated rings. The lowest BCUT2D eigenvalue weighted by Crippen LogP contribution is -2.43. The zero-order valence-corrected chi connectivity index (χ0v) is 21.5. The Morgan fingerprint density at radius 1 is 1.14 bits per heavy atom. The topological polar surface area (TPSA) is 79.7 Å². The molecule has 2 aliphatic rings. The van der Waals surface area contributed by atoms with E-state index < -0.39 is 29.8 Å². The highest BCUT2D eigenvalue weighted by atomic mass is 19.4. The van der Waals surface area contributed by atoms with Crippen molar-refractivity contribution in [2.45, 2.75) is 65.0 Å². The summed E-state index contributed by atoms with van der Waals surface area (Å²) in [7, 11) is 0. The Labute approximate surface area is 214 Å². The van der Waals surface area contributed by atoms with Crippen LogP contribution >= 0.6 is 0 Å². The average Bonchev–Trinajstić information content (AvgIpc) is 3.42. The first-order valence-corrected chi connectivity index (χ1v) is 12.5. The minimum absolute atomic E-state index is 0.188. The van der Waals surface area contributed by atoms with Gasteiger partial charge in [0.1, 0.15) is 5.60 Å². The number of halogens is 3. The van der Waals surface area contributed by atoms with E-state index in [1.165, 1.54) is 11.1 Å². The van der Waals surface area contributed by atoms with Crippen molar-refractivity contribution >= 4 is 12.0 Å². The molecule has 4 rings (SSSR count). The van der Waals surface area contributed by atoms with Crippen molar-refractivity contribution in [3.8, 4) is 0 Å². The van der Waals surface area contributed by atoms with E-state index in [1.807, 2.05) is 30.3 Å². The van der Waals surface area contributed by atoms with Crippen molar-refractivity contribution in [2.75, 3.05) is 26.2 Å². The molecule has 0 unspecified atom stereocenters. The molecule has 0 saturated heterocycles. The minimum atomic E-state index is -4.31. The zero-order valence-electron chi connectivity index (χ0n) is 21.5. The molecule has 202 valence electrons. The van der Waals surface area contributed by atoms with Gasteiger partial charge in [-0.2, -0.15) is 18.3 Å². The van der Waals surface area contributed by atoms with Crippen LogP contribution in [0.2, 0.25) is 0 Å². The number of aromatic nitrogens is 2. The number of benzene rings is 1. The summed E-state index contributed by atoms with van der Waals surface area (Å²) < 4.78 is 47.0. The number of alkyl halides is 3. The van der Waals surface area contributed by atoms with E-state index in [0.717, 1.165) is 18.4 Å². The molecule has 0 spiro atoms. The Bertz CT molecular complexity index is 1110. The smallest absolute Gasteiger partial charge is 0.410 e. The molecule has 1 saturated carbocycles. The number of hydrogen-bond acceptors (Lipinski definition) is 5. The van der Waals surface area contributed by atoms with E-state index in [4.69, 9.17) is 4.74 Å². The fourth-order valence-corrected chi connectivity index (χ4v) is 4.59. The number of nitrogens with zero attached hydrogens (tertiary/aromatic N) is 4. The summed E-state index contributed by atoms with van der Waals surface area (Å²) in [6, 6.07) is 9.08. The van der Waals surface area contributed by atoms with Gasteiger partial charge in [-0.05, 0) is 39.2 Å². The van der Waals surface area contributed by atoms with E-state index >= 15 is 0 Å². The Balaban J connectivity index is 1.38. The van der Waals surface area contributed by atoms with Crippen LogP contribution in [0.4, 0.5) is 18.0 Å². The number of hydrogen-bond donors (Lipinski definition) is 1. The van der Waals surface area contributed by atoms with Gasteiger partial charge in [0.25, 0.3) is 5.91 Å². The van der Waals surface area contributed by atoms with E-state index in [1.54, 1.807) is 30.4 Å². The maximum Gasteiger partial charge on any atom is 0.410 e. The van der Waals surface area contributed by atoms with Gasteiger partial charge >= 0.3 is 12.3 Å². The van der Waals surface area contributed by atoms with Gasteiger partial charge < -0.3 is 15.0 Å². The molecule has 0 bridgehead atoms. The highest BCUT2D eigenvalue weighted by molar-refractivity contribution is 5.95. The molecule has 11 heteroatoms. The highest BCUT2D eigenvalue weighted by Crippen LogP contribution is 2.46. The van der Waals surface area contributed by atoms with Crippen LogP contribution in [-0.2, 0) is 24.4 Å². The zero-order chi connectivity index (χ0) is 26.8. The van der Waals surface area contributed by atoms with E-state index in [0.29, 0.717) is 24.3 Å². The third-order valence-electron chi connectivity index (χ3n) is 6.56. The monoisotopic (exact) mass is 521 g/mol. The van der Waals surface area contributed by atoms with E-state index in [-0.39, 0.29) is 32.1 Å². The number of carbonyl (C=O) groups excluding carboxylic acids is 2. The third-order valence-corrected chi connectivity index (χ3v) is 6.56. The van der Waals surface area contributed by atoms with Crippen LogP contribution in [0, 0.1) is 5.41 Å². The van der Waals surface area contributed by atoms with Crippen LogP contribution in [0.3, 0.4) is 0 Å². The Hall–Kier alpha value is -3.08. The fourth-order valence-electron chi connectivity index (χ4n) is 4.59. The van der Waals surface area contributed by atoms with Crippen molar-refractivity contribution in [1.29, 1.82) is 0 Å². The minimum Gasteiger partial charge on any atom is -0.444 e. The van der Waals surface area contributed by atoms with Crippen LogP contribution in [0.15, 0.2) is 36.5 Å². The quantitative estimate of drug-likeness (QED) is 0.563. The summed E-state index contributed by atoms with van der Waals surface area (Å²) in [5.41, 5.74) is 0.759. The van der Waals surface area contributed by atoms with Crippen LogP contribution in [0.1, 0.15) is 55.2 Å². The second-order valence-electron chi connectivity index (χ2n) is 11.1. The number of rotatable bonds is 8. The van der Waals surface area contributed by atoms with Crippen molar-refractivity contribution in [2.24, 2.45) is 5.41 Å². The lowest BCUT2D eigenvalue weighted by atomic mass is 10.1. The van der Waals surface area contributed by atoms with Gasteiger partial charge in [-0.1, -0.05) is 30.3 Å². The van der Waals surface area contributed by atoms with Gasteiger partial charge in [0, 0.05) is 31.6 Å². The van der Waals surface area contributed by atoms with Gasteiger partial charge in [0.05, 0.1) is 37.1 Å². The van der Waals surface area contributed by atoms with Crippen molar-refractivity contribution in [1.82, 2.24) is 24.9 Å². The summed E-state index contributed by atoms with van der Waals surface area (Å²) >= 11 is 0. The van der Waals surface area contributed by atoms with E-state index in [9.17, 15) is 22.8 Å². The van der Waals surface area contributed by atoms with Crippen molar-refractivity contribution in [3.63, 3.8) is 0 Å². The third kappa shape index (κ3) is 7.47. The first-order chi connectivity index (χ1) is 17.3. The molecule has 1 aliphatic carbocycles. The summed E-state index contributed by atoms with van der Waals surface area (Å²) in [5, 5.41) is 7.20. The maximum atomic E-state index is 13.3. The summed E-state index contributed by atoms with van der Waals surface area (Å²) in [5.74, 6) is -0.344. The summed E-state index contributed by atoms with van der Waals surface area (Å²) in [6.45, 7) is 6.13. The standard InChI is InChI=1S/C26H34F3N5O3/c1-24(2,3)37-23(36)33-11-12-34-21(15-33)20(13-31-34)22(35)30-16-25(9-10-25)17-32(18-26(27,28)29)14-19-7-5-4-6-8-19/h4-8,13H,9-12,14-18H2,1-3H3,(H,30,35). The van der Waals surface area contributed by atoms with Gasteiger partial charge in [-0.25, -0.2) is 4.79 Å². The number of amides is 2. The van der Waals surface area contributed by atoms with Gasteiger partial charge in [-0.3, -0.25) is 14.4 Å². The summed E-state index contributed by atoms with van der Waals surface area (Å²) in [4.78, 5) is 28.5. The predicted octanol–water partition coefficient (Wildman–Crippen LogP) is 4.21. The highest BCUT2D eigenvalue weighted by Gasteiger charge is 2.46. The molecular weight excluding hydrogens is 487 g/mol. The SMILES string of the molecule is CC(C)(C)OC(=O)N1CCn2ncc(C(=O)NCC3(CN(Cc4ccccc4)CC(F)(F)F)CC3)c2C1. The molecular formula is C26H34F3N5O3. The molecule has 2 amide bonds. The number of nitrogens with one attached hydrogen (secondary N) is 1. The van der Waals surface area contributed by atoms with Gasteiger partial charge in [0.15, 0.2) is 0 Å². The Kier molecular flexibility index (Phi) is 7.55. The van der Waals surface area contributed by atoms with Crippen LogP contribution < -0.4 is 5.32 Å². The maximum absolute atomic E-state index is 13.3. The molecule has 1 aromatic heterocycles. The van der Waals surface area contributed by atoms with E-state index in [2.05, 4.69) is 10.4 Å². The summed E-state index contributed by atoms with van der Waals surface area (Å²) in [6.07, 6.45) is -1.80. The Morgan fingerprint density at radius 2 is 1.84 bits per heavy atom. The molecule has 1 aliphatic heterocycles. The lowest BCUT2D eigenvalue weighted by Gasteiger charge is -2.31. The normalized spacial score (nSPS) is 16.9. The second-order valence-corrected chi connectivity index (χ2v) is 11.1. The number of carbonyl (C=O) groups is 2. The fraction of sp³-hybridized carbons (Fsp3) is 0.577. The van der Waals surface area contributed by atoms with Crippen LogP contribution in [0.25, 0.3) is 0 Å². The second kappa shape index (κ2) is 10.4. The molecule has 0 radical (unpaired) electrons. The van der Waals surface area contributed by atoms with Gasteiger partial charge in [0.2, 0.25) is 0 Å². The molecule has 2 heterocycles. The lowest BCUT2D eigenvalue weighted by molar-refractivity contribution is -0.148. The molecule has 0 atom stereocenters. The van der Waals surface area contributed by atoms with Crippen LogP contribution in [-0.4, -0.2) is 69.5 Å². The molecule has 8 nitrogen and oxygen atoms in total. The average molecular weight is 522 g/mol. The van der Waals surface area contributed by atoms with Crippen molar-refractivity contribution in [3.05, 3.63) is 53.3 Å². The molecule has 2 aromatic rings.